The second-order valence-corrected chi connectivity index (χ2v) is 7.11. The Balaban J connectivity index is 1.83. The van der Waals surface area contributed by atoms with Crippen molar-refractivity contribution in [3.8, 4) is 0 Å². The summed E-state index contributed by atoms with van der Waals surface area (Å²) in [7, 11) is 0. The van der Waals surface area contributed by atoms with Crippen LogP contribution in [-0.2, 0) is 0 Å². The number of nitrogens with zero attached hydrogens (tertiary/aromatic N) is 1. The number of rotatable bonds is 4. The SMILES string of the molecule is CC1CCN(c2ccc(NC(=O)c3cccc(Cl)c3)c(C(=O)O)c2)CC1. The number of carboxylic acid groups (broad SMARTS) is 1. The highest BCUT2D eigenvalue weighted by atomic mass is 35.5. The Kier molecular flexibility index (Phi) is 5.47. The van der Waals surface area contributed by atoms with E-state index in [9.17, 15) is 14.7 Å². The van der Waals surface area contributed by atoms with E-state index in [4.69, 9.17) is 11.6 Å². The summed E-state index contributed by atoms with van der Waals surface area (Å²) >= 11 is 5.91. The Morgan fingerprint density at radius 2 is 1.88 bits per heavy atom. The van der Waals surface area contributed by atoms with E-state index in [0.717, 1.165) is 31.6 Å². The van der Waals surface area contributed by atoms with E-state index in [1.165, 1.54) is 0 Å². The van der Waals surface area contributed by atoms with Gasteiger partial charge in [0.05, 0.1) is 11.3 Å². The van der Waals surface area contributed by atoms with Crippen molar-refractivity contribution < 1.29 is 14.7 Å². The van der Waals surface area contributed by atoms with E-state index in [1.54, 1.807) is 36.4 Å². The number of hydrogen-bond acceptors (Lipinski definition) is 3. The molecule has 3 rings (SSSR count). The number of hydrogen-bond donors (Lipinski definition) is 2. The van der Waals surface area contributed by atoms with Gasteiger partial charge in [0.2, 0.25) is 0 Å². The summed E-state index contributed by atoms with van der Waals surface area (Å²) in [6.45, 7) is 4.05. The molecule has 1 aliphatic heterocycles. The van der Waals surface area contributed by atoms with Crippen LogP contribution in [0.1, 0.15) is 40.5 Å². The van der Waals surface area contributed by atoms with Crippen LogP contribution in [0.3, 0.4) is 0 Å². The van der Waals surface area contributed by atoms with Crippen LogP contribution >= 0.6 is 11.6 Å². The lowest BCUT2D eigenvalue weighted by Gasteiger charge is -2.32. The maximum Gasteiger partial charge on any atom is 0.337 e. The highest BCUT2D eigenvalue weighted by Gasteiger charge is 2.20. The van der Waals surface area contributed by atoms with E-state index in [0.29, 0.717) is 16.5 Å². The highest BCUT2D eigenvalue weighted by Crippen LogP contribution is 2.27. The number of amides is 1. The molecule has 0 saturated carbocycles. The molecule has 1 aliphatic rings. The maximum atomic E-state index is 12.4. The van der Waals surface area contributed by atoms with Crippen molar-refractivity contribution in [2.75, 3.05) is 23.3 Å². The summed E-state index contributed by atoms with van der Waals surface area (Å²) < 4.78 is 0. The largest absolute Gasteiger partial charge is 0.478 e. The second-order valence-electron chi connectivity index (χ2n) is 6.67. The summed E-state index contributed by atoms with van der Waals surface area (Å²) in [4.78, 5) is 26.3. The number of carboxylic acids is 1. The van der Waals surface area contributed by atoms with Gasteiger partial charge in [0.1, 0.15) is 0 Å². The van der Waals surface area contributed by atoms with Crippen LogP contribution in [0, 0.1) is 5.92 Å². The predicted octanol–water partition coefficient (Wildman–Crippen LogP) is 4.53. The zero-order valence-corrected chi connectivity index (χ0v) is 15.3. The molecule has 1 saturated heterocycles. The fourth-order valence-corrected chi connectivity index (χ4v) is 3.30. The third-order valence-corrected chi connectivity index (χ3v) is 4.95. The zero-order chi connectivity index (χ0) is 18.7. The molecule has 0 radical (unpaired) electrons. The molecule has 6 heteroatoms. The number of piperidine rings is 1. The second kappa shape index (κ2) is 7.79. The minimum absolute atomic E-state index is 0.0801. The molecular weight excluding hydrogens is 352 g/mol. The Bertz CT molecular complexity index is 830. The number of carbonyl (C=O) groups is 2. The number of benzene rings is 2. The molecule has 0 atom stereocenters. The minimum Gasteiger partial charge on any atom is -0.478 e. The summed E-state index contributed by atoms with van der Waals surface area (Å²) in [5, 5.41) is 12.7. The molecule has 5 nitrogen and oxygen atoms in total. The molecule has 0 aliphatic carbocycles. The lowest BCUT2D eigenvalue weighted by molar-refractivity contribution is 0.0698. The Morgan fingerprint density at radius 1 is 1.15 bits per heavy atom. The van der Waals surface area contributed by atoms with Gasteiger partial charge in [-0.25, -0.2) is 4.79 Å². The van der Waals surface area contributed by atoms with Gasteiger partial charge in [0, 0.05) is 29.4 Å². The van der Waals surface area contributed by atoms with Crippen molar-refractivity contribution in [3.05, 3.63) is 58.6 Å². The van der Waals surface area contributed by atoms with Crippen LogP contribution in [0.15, 0.2) is 42.5 Å². The number of halogens is 1. The van der Waals surface area contributed by atoms with Crippen molar-refractivity contribution in [3.63, 3.8) is 0 Å². The van der Waals surface area contributed by atoms with Gasteiger partial charge in [-0.2, -0.15) is 0 Å². The Morgan fingerprint density at radius 3 is 2.54 bits per heavy atom. The van der Waals surface area contributed by atoms with E-state index in [2.05, 4.69) is 17.1 Å². The quantitative estimate of drug-likeness (QED) is 0.827. The maximum absolute atomic E-state index is 12.4. The molecule has 26 heavy (non-hydrogen) atoms. The van der Waals surface area contributed by atoms with Crippen LogP contribution in [-0.4, -0.2) is 30.1 Å². The lowest BCUT2D eigenvalue weighted by atomic mass is 9.98. The fraction of sp³-hybridized carbons (Fsp3) is 0.300. The normalized spacial score (nSPS) is 14.9. The van der Waals surface area contributed by atoms with E-state index in [-0.39, 0.29) is 11.3 Å². The number of aromatic carboxylic acids is 1. The van der Waals surface area contributed by atoms with Gasteiger partial charge in [0.15, 0.2) is 0 Å². The van der Waals surface area contributed by atoms with E-state index < -0.39 is 11.9 Å². The van der Waals surface area contributed by atoms with Crippen LogP contribution in [0.2, 0.25) is 5.02 Å². The molecule has 0 bridgehead atoms. The number of carbonyl (C=O) groups excluding carboxylic acids is 1. The van der Waals surface area contributed by atoms with Crippen molar-refractivity contribution in [2.45, 2.75) is 19.8 Å². The zero-order valence-electron chi connectivity index (χ0n) is 14.5. The monoisotopic (exact) mass is 372 g/mol. The minimum atomic E-state index is -1.07. The summed E-state index contributed by atoms with van der Waals surface area (Å²) in [6.07, 6.45) is 2.19. The Hall–Kier alpha value is -2.53. The van der Waals surface area contributed by atoms with Crippen LogP contribution in [0.25, 0.3) is 0 Å². The van der Waals surface area contributed by atoms with E-state index in [1.807, 2.05) is 6.07 Å². The van der Waals surface area contributed by atoms with Gasteiger partial charge in [-0.05, 0) is 55.2 Å². The average Bonchev–Trinajstić information content (AvgIpc) is 2.62. The van der Waals surface area contributed by atoms with Gasteiger partial charge >= 0.3 is 5.97 Å². The molecule has 1 amide bonds. The topological polar surface area (TPSA) is 69.6 Å². The van der Waals surface area contributed by atoms with Crippen LogP contribution in [0.5, 0.6) is 0 Å². The molecule has 2 aromatic rings. The molecule has 136 valence electrons. The van der Waals surface area contributed by atoms with Gasteiger partial charge in [0.25, 0.3) is 5.91 Å². The van der Waals surface area contributed by atoms with Crippen molar-refractivity contribution in [1.82, 2.24) is 0 Å². The molecular formula is C20H21ClN2O3. The molecule has 2 aromatic carbocycles. The fourth-order valence-electron chi connectivity index (χ4n) is 3.11. The molecule has 0 unspecified atom stereocenters. The lowest BCUT2D eigenvalue weighted by Crippen LogP contribution is -2.32. The molecule has 0 spiro atoms. The standard InChI is InChI=1S/C20H21ClN2O3/c1-13-7-9-23(10-8-13)16-5-6-18(17(12-16)20(25)26)22-19(24)14-3-2-4-15(21)11-14/h2-6,11-13H,7-10H2,1H3,(H,22,24)(H,25,26). The third kappa shape index (κ3) is 4.17. The van der Waals surface area contributed by atoms with E-state index >= 15 is 0 Å². The van der Waals surface area contributed by atoms with Crippen LogP contribution in [0.4, 0.5) is 11.4 Å². The first-order valence-electron chi connectivity index (χ1n) is 8.63. The van der Waals surface area contributed by atoms with Gasteiger partial charge in [-0.1, -0.05) is 24.6 Å². The molecule has 1 heterocycles. The van der Waals surface area contributed by atoms with Gasteiger partial charge in [-0.15, -0.1) is 0 Å². The van der Waals surface area contributed by atoms with Gasteiger partial charge in [-0.3, -0.25) is 4.79 Å². The van der Waals surface area contributed by atoms with Crippen LogP contribution < -0.4 is 10.2 Å². The molecule has 0 aromatic heterocycles. The summed E-state index contributed by atoms with van der Waals surface area (Å²) in [5.41, 5.74) is 1.60. The average molecular weight is 373 g/mol. The molecule has 2 N–H and O–H groups in total. The van der Waals surface area contributed by atoms with Crippen molar-refractivity contribution >= 4 is 34.9 Å². The third-order valence-electron chi connectivity index (χ3n) is 4.72. The summed E-state index contributed by atoms with van der Waals surface area (Å²) in [5.74, 6) is -0.769. The first-order valence-corrected chi connectivity index (χ1v) is 9.01. The molecule has 1 fully saturated rings. The van der Waals surface area contributed by atoms with Crippen molar-refractivity contribution in [2.24, 2.45) is 5.92 Å². The highest BCUT2D eigenvalue weighted by molar-refractivity contribution is 6.31. The predicted molar refractivity (Wildman–Crippen MR) is 103 cm³/mol. The Labute approximate surface area is 157 Å². The number of anilines is 2. The first-order chi connectivity index (χ1) is 12.4. The first kappa shape index (κ1) is 18.3. The number of nitrogens with one attached hydrogen (secondary N) is 1. The summed E-state index contributed by atoms with van der Waals surface area (Å²) in [6, 6.07) is 11.7. The van der Waals surface area contributed by atoms with Gasteiger partial charge < -0.3 is 15.3 Å². The van der Waals surface area contributed by atoms with Crippen molar-refractivity contribution in [1.29, 1.82) is 0 Å². The smallest absolute Gasteiger partial charge is 0.337 e.